The van der Waals surface area contributed by atoms with E-state index in [0.717, 1.165) is 6.42 Å². The average molecular weight is 229 g/mol. The third-order valence-electron chi connectivity index (χ3n) is 1.79. The van der Waals surface area contributed by atoms with Crippen molar-refractivity contribution in [2.45, 2.75) is 26.3 Å². The molecule has 0 rings (SSSR count). The van der Waals surface area contributed by atoms with E-state index in [0.29, 0.717) is 0 Å². The minimum absolute atomic E-state index is 0.165. The van der Waals surface area contributed by atoms with Crippen molar-refractivity contribution in [1.82, 2.24) is 10.6 Å². The molecule has 1 amide bonds. The number of carbonyl (C=O) groups is 1. The molecule has 4 nitrogen and oxygen atoms in total. The second kappa shape index (κ2) is 8.49. The third kappa shape index (κ3) is 8.20. The molecule has 15 heavy (non-hydrogen) atoms. The zero-order valence-electron chi connectivity index (χ0n) is 9.46. The van der Waals surface area contributed by atoms with Gasteiger partial charge in [0.05, 0.1) is 6.54 Å². The summed E-state index contributed by atoms with van der Waals surface area (Å²) in [6, 6.07) is 0.274. The number of amides is 1. The van der Waals surface area contributed by atoms with Crippen LogP contribution in [0.25, 0.3) is 0 Å². The first-order valence-corrected chi connectivity index (χ1v) is 6.09. The standard InChI is InChI=1S/C10H19N3OS/c1-4-5-6-8(2)12-7-9(14)13-10(11)15-3/h4-5,8,12H,6-7H2,1-3H3,(H2,11,13,14)/b5-4-. The Kier molecular flexibility index (Phi) is 8.04. The van der Waals surface area contributed by atoms with Crippen LogP contribution in [0.3, 0.4) is 0 Å². The SMILES string of the molecule is C/C=C\CC(C)NCC(=O)NC(=N)SC. The fourth-order valence-electron chi connectivity index (χ4n) is 0.912. The monoisotopic (exact) mass is 229 g/mol. The Hall–Kier alpha value is -0.810. The molecule has 3 N–H and O–H groups in total. The van der Waals surface area contributed by atoms with Crippen molar-refractivity contribution in [2.75, 3.05) is 12.8 Å². The van der Waals surface area contributed by atoms with Crippen LogP contribution >= 0.6 is 11.8 Å². The minimum atomic E-state index is -0.165. The van der Waals surface area contributed by atoms with E-state index in [1.807, 2.05) is 19.9 Å². The lowest BCUT2D eigenvalue weighted by Gasteiger charge is -2.11. The van der Waals surface area contributed by atoms with Crippen LogP contribution in [0.1, 0.15) is 20.3 Å². The van der Waals surface area contributed by atoms with Crippen LogP contribution in [-0.4, -0.2) is 29.9 Å². The Labute approximate surface area is 95.4 Å². The molecule has 0 spiro atoms. The molecule has 0 aromatic carbocycles. The highest BCUT2D eigenvalue weighted by Crippen LogP contribution is 1.92. The van der Waals surface area contributed by atoms with Gasteiger partial charge in [0.2, 0.25) is 5.91 Å². The average Bonchev–Trinajstić information content (AvgIpc) is 2.23. The maximum absolute atomic E-state index is 11.2. The highest BCUT2D eigenvalue weighted by atomic mass is 32.2. The molecule has 0 fully saturated rings. The van der Waals surface area contributed by atoms with Crippen molar-refractivity contribution in [3.63, 3.8) is 0 Å². The summed E-state index contributed by atoms with van der Waals surface area (Å²) < 4.78 is 0. The fraction of sp³-hybridized carbons (Fsp3) is 0.600. The molecule has 0 heterocycles. The summed E-state index contributed by atoms with van der Waals surface area (Å²) >= 11 is 1.21. The first kappa shape index (κ1) is 14.2. The zero-order chi connectivity index (χ0) is 11.7. The second-order valence-corrected chi connectivity index (χ2v) is 3.98. The van der Waals surface area contributed by atoms with Crippen LogP contribution in [0.2, 0.25) is 0 Å². The number of hydrogen-bond donors (Lipinski definition) is 3. The van der Waals surface area contributed by atoms with Gasteiger partial charge in [0.15, 0.2) is 5.17 Å². The Morgan fingerprint density at radius 1 is 1.60 bits per heavy atom. The summed E-state index contributed by atoms with van der Waals surface area (Å²) in [5.74, 6) is -0.165. The summed E-state index contributed by atoms with van der Waals surface area (Å²) in [6.45, 7) is 4.24. The van der Waals surface area contributed by atoms with Gasteiger partial charge in [-0.25, -0.2) is 0 Å². The van der Waals surface area contributed by atoms with Gasteiger partial charge in [-0.1, -0.05) is 23.9 Å². The first-order chi connectivity index (χ1) is 7.10. The van der Waals surface area contributed by atoms with E-state index >= 15 is 0 Å². The second-order valence-electron chi connectivity index (χ2n) is 3.17. The molecule has 0 aliphatic carbocycles. The van der Waals surface area contributed by atoms with Gasteiger partial charge in [0, 0.05) is 6.04 Å². The summed E-state index contributed by atoms with van der Waals surface area (Å²) in [6.07, 6.45) is 6.70. The molecule has 0 saturated heterocycles. The van der Waals surface area contributed by atoms with Crippen molar-refractivity contribution >= 4 is 22.8 Å². The number of rotatable bonds is 5. The largest absolute Gasteiger partial charge is 0.306 e. The first-order valence-electron chi connectivity index (χ1n) is 4.87. The van der Waals surface area contributed by atoms with Gasteiger partial charge in [-0.3, -0.25) is 10.2 Å². The van der Waals surface area contributed by atoms with Gasteiger partial charge in [-0.05, 0) is 26.5 Å². The number of amidine groups is 1. The lowest BCUT2D eigenvalue weighted by molar-refractivity contribution is -0.118. The van der Waals surface area contributed by atoms with E-state index in [-0.39, 0.29) is 23.7 Å². The predicted octanol–water partition coefficient (Wildman–Crippen LogP) is 1.34. The molecule has 0 aromatic rings. The highest BCUT2D eigenvalue weighted by Gasteiger charge is 2.05. The summed E-state index contributed by atoms with van der Waals surface area (Å²) in [5.41, 5.74) is 0. The van der Waals surface area contributed by atoms with Crippen molar-refractivity contribution in [1.29, 1.82) is 5.41 Å². The van der Waals surface area contributed by atoms with Gasteiger partial charge in [-0.15, -0.1) is 0 Å². The normalized spacial score (nSPS) is 12.7. The van der Waals surface area contributed by atoms with Gasteiger partial charge >= 0.3 is 0 Å². The van der Waals surface area contributed by atoms with E-state index in [2.05, 4.69) is 16.7 Å². The van der Waals surface area contributed by atoms with Crippen molar-refractivity contribution < 1.29 is 4.79 Å². The molecule has 0 radical (unpaired) electrons. The van der Waals surface area contributed by atoms with Gasteiger partial charge in [0.25, 0.3) is 0 Å². The van der Waals surface area contributed by atoms with Crippen molar-refractivity contribution in [3.05, 3.63) is 12.2 Å². The number of carbonyl (C=O) groups excluding carboxylic acids is 1. The molecule has 1 unspecified atom stereocenters. The molecule has 0 bridgehead atoms. The summed E-state index contributed by atoms with van der Waals surface area (Å²) in [5, 5.41) is 13.0. The van der Waals surface area contributed by atoms with Crippen LogP contribution in [0, 0.1) is 5.41 Å². The molecule has 86 valence electrons. The third-order valence-corrected chi connectivity index (χ3v) is 2.30. The fourth-order valence-corrected chi connectivity index (χ4v) is 1.13. The van der Waals surface area contributed by atoms with E-state index in [1.54, 1.807) is 6.26 Å². The van der Waals surface area contributed by atoms with Crippen LogP contribution in [0.4, 0.5) is 0 Å². The van der Waals surface area contributed by atoms with Crippen molar-refractivity contribution in [3.8, 4) is 0 Å². The number of hydrogen-bond acceptors (Lipinski definition) is 4. The number of nitrogens with one attached hydrogen (secondary N) is 3. The Morgan fingerprint density at radius 3 is 2.80 bits per heavy atom. The van der Waals surface area contributed by atoms with Crippen molar-refractivity contribution in [2.24, 2.45) is 0 Å². The number of thioether (sulfide) groups is 1. The van der Waals surface area contributed by atoms with E-state index < -0.39 is 0 Å². The molecule has 0 aromatic heterocycles. The molecule has 5 heteroatoms. The maximum Gasteiger partial charge on any atom is 0.239 e. The molecule has 1 atom stereocenters. The smallest absolute Gasteiger partial charge is 0.239 e. The van der Waals surface area contributed by atoms with Crippen LogP contribution in [0.5, 0.6) is 0 Å². The Morgan fingerprint density at radius 2 is 2.27 bits per heavy atom. The minimum Gasteiger partial charge on any atom is -0.306 e. The molecular formula is C10H19N3OS. The van der Waals surface area contributed by atoms with Crippen LogP contribution < -0.4 is 10.6 Å². The predicted molar refractivity (Wildman–Crippen MR) is 66.3 cm³/mol. The van der Waals surface area contributed by atoms with E-state index in [1.165, 1.54) is 11.8 Å². The molecular weight excluding hydrogens is 210 g/mol. The summed E-state index contributed by atoms with van der Waals surface area (Å²) in [7, 11) is 0. The van der Waals surface area contributed by atoms with E-state index in [9.17, 15) is 4.79 Å². The summed E-state index contributed by atoms with van der Waals surface area (Å²) in [4.78, 5) is 11.2. The Bertz CT molecular complexity index is 241. The molecule has 0 aliphatic rings. The topological polar surface area (TPSA) is 65.0 Å². The Balaban J connectivity index is 3.66. The molecule has 0 aliphatic heterocycles. The lowest BCUT2D eigenvalue weighted by Crippen LogP contribution is -2.39. The van der Waals surface area contributed by atoms with Gasteiger partial charge < -0.3 is 10.6 Å². The van der Waals surface area contributed by atoms with Crippen LogP contribution in [-0.2, 0) is 4.79 Å². The maximum atomic E-state index is 11.2. The van der Waals surface area contributed by atoms with E-state index in [4.69, 9.17) is 5.41 Å². The zero-order valence-corrected chi connectivity index (χ0v) is 10.3. The van der Waals surface area contributed by atoms with Crippen LogP contribution in [0.15, 0.2) is 12.2 Å². The molecule has 0 saturated carbocycles. The number of allylic oxidation sites excluding steroid dienone is 1. The van der Waals surface area contributed by atoms with Gasteiger partial charge in [0.1, 0.15) is 0 Å². The van der Waals surface area contributed by atoms with Gasteiger partial charge in [-0.2, -0.15) is 0 Å². The lowest BCUT2D eigenvalue weighted by atomic mass is 10.2. The quantitative estimate of drug-likeness (QED) is 0.379. The highest BCUT2D eigenvalue weighted by molar-refractivity contribution is 8.13.